The van der Waals surface area contributed by atoms with E-state index in [-0.39, 0.29) is 23.1 Å². The Morgan fingerprint density at radius 2 is 1.69 bits per heavy atom. The topological polar surface area (TPSA) is 109 Å². The van der Waals surface area contributed by atoms with Gasteiger partial charge in [-0.2, -0.15) is 4.72 Å². The zero-order valence-electron chi connectivity index (χ0n) is 16.0. The van der Waals surface area contributed by atoms with E-state index in [9.17, 15) is 21.6 Å². The van der Waals surface area contributed by atoms with Gasteiger partial charge in [0.15, 0.2) is 0 Å². The van der Waals surface area contributed by atoms with Gasteiger partial charge in [0.2, 0.25) is 15.9 Å². The summed E-state index contributed by atoms with van der Waals surface area (Å²) in [5.41, 5.74) is 2.16. The number of sulfonamides is 1. The summed E-state index contributed by atoms with van der Waals surface area (Å²) in [6, 6.07) is 14.0. The number of carbonyl (C=O) groups is 1. The molecule has 1 aliphatic rings. The van der Waals surface area contributed by atoms with Gasteiger partial charge in [-0.25, -0.2) is 16.8 Å². The zero-order chi connectivity index (χ0) is 21.1. The average Bonchev–Trinajstić information content (AvgIpc) is 3.08. The fourth-order valence-electron chi connectivity index (χ4n) is 3.41. The van der Waals surface area contributed by atoms with E-state index < -0.39 is 31.8 Å². The fraction of sp³-hybridized carbons (Fsp3) is 0.350. The smallest absolute Gasteiger partial charge is 0.241 e. The van der Waals surface area contributed by atoms with Gasteiger partial charge in [0.25, 0.3) is 0 Å². The number of rotatable bonds is 8. The molecule has 0 saturated carbocycles. The highest BCUT2D eigenvalue weighted by Crippen LogP contribution is 2.30. The van der Waals surface area contributed by atoms with Gasteiger partial charge in [0.1, 0.15) is 15.9 Å². The zero-order valence-corrected chi connectivity index (χ0v) is 17.7. The number of fused-ring (bicyclic) bond motifs is 1. The molecule has 1 amide bonds. The molecule has 156 valence electrons. The van der Waals surface area contributed by atoms with Crippen molar-refractivity contribution in [1.29, 1.82) is 0 Å². The largest absolute Gasteiger partial charge is 0.348 e. The van der Waals surface area contributed by atoms with Crippen LogP contribution in [-0.4, -0.2) is 40.8 Å². The third-order valence-electron chi connectivity index (χ3n) is 4.89. The van der Waals surface area contributed by atoms with E-state index in [0.717, 1.165) is 30.2 Å². The van der Waals surface area contributed by atoms with Gasteiger partial charge >= 0.3 is 0 Å². The molecule has 0 radical (unpaired) electrons. The van der Waals surface area contributed by atoms with Crippen LogP contribution >= 0.6 is 0 Å². The van der Waals surface area contributed by atoms with Crippen molar-refractivity contribution in [2.45, 2.75) is 36.2 Å². The van der Waals surface area contributed by atoms with Gasteiger partial charge in [0, 0.05) is 6.26 Å². The standard InChI is InChI=1S/C20H24N2O5S2/c1-28(24,25)14-13-19(22-29(26,27)16-8-3-2-4-9-16)20(23)21-18-12-11-15-7-5-6-10-17(15)18/h2-10,18-19,22H,11-14H2,1H3,(H,21,23)/t18-,19+/m1/s1. The third-order valence-corrected chi connectivity index (χ3v) is 7.36. The summed E-state index contributed by atoms with van der Waals surface area (Å²) in [6.45, 7) is 0. The van der Waals surface area contributed by atoms with Crippen LogP contribution in [0.4, 0.5) is 0 Å². The summed E-state index contributed by atoms with van der Waals surface area (Å²) in [7, 11) is -7.34. The summed E-state index contributed by atoms with van der Waals surface area (Å²) in [4.78, 5) is 12.9. The van der Waals surface area contributed by atoms with Crippen LogP contribution in [0.5, 0.6) is 0 Å². The normalized spacial score (nSPS) is 17.5. The van der Waals surface area contributed by atoms with Gasteiger partial charge in [-0.1, -0.05) is 42.5 Å². The predicted octanol–water partition coefficient (Wildman–Crippen LogP) is 1.57. The van der Waals surface area contributed by atoms with E-state index in [0.29, 0.717) is 0 Å². The Morgan fingerprint density at radius 1 is 1.03 bits per heavy atom. The SMILES string of the molecule is CS(=O)(=O)CC[C@H](NS(=O)(=O)c1ccccc1)C(=O)N[C@@H]1CCc2ccccc21. The molecule has 0 heterocycles. The van der Waals surface area contributed by atoms with Crippen LogP contribution in [0.15, 0.2) is 59.5 Å². The summed E-state index contributed by atoms with van der Waals surface area (Å²) < 4.78 is 50.9. The molecular weight excluding hydrogens is 412 g/mol. The lowest BCUT2D eigenvalue weighted by molar-refractivity contribution is -0.123. The third kappa shape index (κ3) is 5.65. The fourth-order valence-corrected chi connectivity index (χ4v) is 5.32. The van der Waals surface area contributed by atoms with Crippen LogP contribution in [0.1, 0.15) is 30.0 Å². The van der Waals surface area contributed by atoms with Crippen LogP contribution in [0.25, 0.3) is 0 Å². The van der Waals surface area contributed by atoms with E-state index >= 15 is 0 Å². The van der Waals surface area contributed by atoms with Crippen molar-refractivity contribution >= 4 is 25.8 Å². The van der Waals surface area contributed by atoms with Crippen molar-refractivity contribution in [1.82, 2.24) is 10.0 Å². The van der Waals surface area contributed by atoms with E-state index in [4.69, 9.17) is 0 Å². The van der Waals surface area contributed by atoms with Crippen molar-refractivity contribution in [2.24, 2.45) is 0 Å². The molecule has 0 saturated heterocycles. The summed E-state index contributed by atoms with van der Waals surface area (Å²) in [5.74, 6) is -0.834. The van der Waals surface area contributed by atoms with E-state index in [1.807, 2.05) is 24.3 Å². The van der Waals surface area contributed by atoms with Crippen molar-refractivity contribution in [3.05, 3.63) is 65.7 Å². The second-order valence-corrected chi connectivity index (χ2v) is 11.2. The Labute approximate surface area is 171 Å². The van der Waals surface area contributed by atoms with Crippen LogP contribution in [0.3, 0.4) is 0 Å². The summed E-state index contributed by atoms with van der Waals surface area (Å²) >= 11 is 0. The monoisotopic (exact) mass is 436 g/mol. The minimum atomic E-state index is -3.97. The first-order chi connectivity index (χ1) is 13.7. The number of amides is 1. The van der Waals surface area contributed by atoms with Crippen molar-refractivity contribution in [3.63, 3.8) is 0 Å². The maximum atomic E-state index is 12.9. The second kappa shape index (κ2) is 8.64. The van der Waals surface area contributed by atoms with Gasteiger partial charge in [-0.15, -0.1) is 0 Å². The Hall–Kier alpha value is -2.23. The maximum absolute atomic E-state index is 12.9. The molecule has 29 heavy (non-hydrogen) atoms. The van der Waals surface area contributed by atoms with Crippen molar-refractivity contribution < 1.29 is 21.6 Å². The van der Waals surface area contributed by atoms with Gasteiger partial charge in [-0.3, -0.25) is 4.79 Å². The number of carbonyl (C=O) groups excluding carboxylic acids is 1. The van der Waals surface area contributed by atoms with Crippen LogP contribution < -0.4 is 10.0 Å². The molecule has 0 bridgehead atoms. The number of hydrogen-bond acceptors (Lipinski definition) is 5. The average molecular weight is 437 g/mol. The van der Waals surface area contributed by atoms with Gasteiger partial charge in [0.05, 0.1) is 16.7 Å². The van der Waals surface area contributed by atoms with E-state index in [1.54, 1.807) is 18.2 Å². The molecule has 1 aliphatic carbocycles. The van der Waals surface area contributed by atoms with Gasteiger partial charge < -0.3 is 5.32 Å². The minimum Gasteiger partial charge on any atom is -0.348 e. The lowest BCUT2D eigenvalue weighted by Crippen LogP contribution is -2.48. The Morgan fingerprint density at radius 3 is 2.38 bits per heavy atom. The van der Waals surface area contributed by atoms with Crippen molar-refractivity contribution in [3.8, 4) is 0 Å². The molecule has 3 rings (SSSR count). The molecule has 2 atom stereocenters. The first kappa shape index (κ1) is 21.5. The summed E-state index contributed by atoms with van der Waals surface area (Å²) in [6.07, 6.45) is 2.45. The quantitative estimate of drug-likeness (QED) is 0.653. The Balaban J connectivity index is 1.79. The number of hydrogen-bond donors (Lipinski definition) is 2. The lowest BCUT2D eigenvalue weighted by Gasteiger charge is -2.21. The molecule has 2 N–H and O–H groups in total. The second-order valence-electron chi connectivity index (χ2n) is 7.20. The number of nitrogens with one attached hydrogen (secondary N) is 2. The molecule has 0 unspecified atom stereocenters. The van der Waals surface area contributed by atoms with Crippen LogP contribution in [0.2, 0.25) is 0 Å². The molecule has 2 aromatic rings. The Bertz CT molecular complexity index is 1080. The van der Waals surface area contributed by atoms with Gasteiger partial charge in [-0.05, 0) is 42.5 Å². The van der Waals surface area contributed by atoms with Crippen LogP contribution in [-0.2, 0) is 31.1 Å². The lowest BCUT2D eigenvalue weighted by atomic mass is 10.1. The molecule has 9 heteroatoms. The predicted molar refractivity (Wildman–Crippen MR) is 111 cm³/mol. The first-order valence-electron chi connectivity index (χ1n) is 9.29. The number of aryl methyl sites for hydroxylation is 1. The van der Waals surface area contributed by atoms with Crippen LogP contribution in [0, 0.1) is 0 Å². The molecule has 7 nitrogen and oxygen atoms in total. The van der Waals surface area contributed by atoms with E-state index in [1.165, 1.54) is 12.1 Å². The molecular formula is C20H24N2O5S2. The molecule has 0 aliphatic heterocycles. The molecule has 0 spiro atoms. The highest BCUT2D eigenvalue weighted by atomic mass is 32.2. The van der Waals surface area contributed by atoms with E-state index in [2.05, 4.69) is 10.0 Å². The highest BCUT2D eigenvalue weighted by Gasteiger charge is 2.30. The number of benzene rings is 2. The molecule has 0 fully saturated rings. The summed E-state index contributed by atoms with van der Waals surface area (Å²) in [5, 5.41) is 2.88. The van der Waals surface area contributed by atoms with Crippen molar-refractivity contribution in [2.75, 3.05) is 12.0 Å². The maximum Gasteiger partial charge on any atom is 0.241 e. The highest BCUT2D eigenvalue weighted by molar-refractivity contribution is 7.90. The minimum absolute atomic E-state index is 0.0170. The number of sulfone groups is 1. The first-order valence-corrected chi connectivity index (χ1v) is 12.8. The Kier molecular flexibility index (Phi) is 6.40. The molecule has 2 aromatic carbocycles. The molecule has 0 aromatic heterocycles.